The summed E-state index contributed by atoms with van der Waals surface area (Å²) in [5.41, 5.74) is 4.02. The van der Waals surface area contributed by atoms with E-state index < -0.39 is 5.25 Å². The molecule has 226 valence electrons. The number of amides is 4. The Bertz CT molecular complexity index is 1480. The number of benzene rings is 2. The number of thioether (sulfide) groups is 1. The first kappa shape index (κ1) is 29.3. The van der Waals surface area contributed by atoms with Crippen LogP contribution < -0.4 is 5.32 Å². The topological polar surface area (TPSA) is 90.8 Å². The number of nitrogens with one attached hydrogen (secondary N) is 1. The highest BCUT2D eigenvalue weighted by Gasteiger charge is 2.44. The van der Waals surface area contributed by atoms with Crippen LogP contribution in [0, 0.1) is 5.41 Å². The Kier molecular flexibility index (Phi) is 8.22. The summed E-state index contributed by atoms with van der Waals surface area (Å²) in [6, 6.07) is 17.9. The van der Waals surface area contributed by atoms with Crippen LogP contribution in [-0.4, -0.2) is 73.3 Å². The zero-order valence-electron chi connectivity index (χ0n) is 25.1. The second-order valence-corrected chi connectivity index (χ2v) is 14.1. The van der Waals surface area contributed by atoms with Gasteiger partial charge in [-0.15, -0.1) is 11.8 Å². The third kappa shape index (κ3) is 6.30. The quantitative estimate of drug-likeness (QED) is 0.377. The second-order valence-electron chi connectivity index (χ2n) is 12.9. The predicted molar refractivity (Wildman–Crippen MR) is 169 cm³/mol. The number of likely N-dealkylation sites (tertiary alicyclic amines) is 1. The van der Waals surface area contributed by atoms with Crippen LogP contribution in [0.4, 0.5) is 10.5 Å². The highest BCUT2D eigenvalue weighted by Crippen LogP contribution is 2.46. The van der Waals surface area contributed by atoms with Gasteiger partial charge < -0.3 is 20.0 Å². The van der Waals surface area contributed by atoms with E-state index in [4.69, 9.17) is 0 Å². The summed E-state index contributed by atoms with van der Waals surface area (Å²) < 4.78 is 1.84. The smallest absolute Gasteiger partial charge is 0.322 e. The van der Waals surface area contributed by atoms with Crippen molar-refractivity contribution < 1.29 is 14.4 Å². The molecule has 4 heterocycles. The van der Waals surface area contributed by atoms with Crippen molar-refractivity contribution in [1.29, 1.82) is 0 Å². The molecule has 2 fully saturated rings. The average molecular weight is 601 g/mol. The van der Waals surface area contributed by atoms with E-state index in [1.165, 1.54) is 0 Å². The minimum atomic E-state index is -0.440. The van der Waals surface area contributed by atoms with Crippen molar-refractivity contribution in [2.75, 3.05) is 25.0 Å². The highest BCUT2D eigenvalue weighted by atomic mass is 32.2. The molecule has 2 saturated heterocycles. The zero-order chi connectivity index (χ0) is 30.1. The van der Waals surface area contributed by atoms with E-state index in [1.54, 1.807) is 18.0 Å². The van der Waals surface area contributed by atoms with E-state index in [9.17, 15) is 14.4 Å². The SMILES string of the molecule is CC(C)(C)CCN1C(=O)C(CC(=O)N2CCC(N3Cc4ccccc4NC3=O)CC2)SC1c1ccccc1-n1cccn1. The van der Waals surface area contributed by atoms with E-state index >= 15 is 0 Å². The molecule has 0 bridgehead atoms. The Balaban J connectivity index is 1.13. The molecule has 3 aliphatic rings. The van der Waals surface area contributed by atoms with E-state index in [0.717, 1.165) is 41.8 Å². The molecule has 9 nitrogen and oxygen atoms in total. The van der Waals surface area contributed by atoms with E-state index in [-0.39, 0.29) is 41.1 Å². The predicted octanol–water partition coefficient (Wildman–Crippen LogP) is 5.68. The summed E-state index contributed by atoms with van der Waals surface area (Å²) in [5.74, 6) is 0.0379. The van der Waals surface area contributed by atoms with Gasteiger partial charge in [0.15, 0.2) is 0 Å². The lowest BCUT2D eigenvalue weighted by Crippen LogP contribution is -2.51. The van der Waals surface area contributed by atoms with Gasteiger partial charge in [-0.3, -0.25) is 9.59 Å². The Morgan fingerprint density at radius 3 is 2.51 bits per heavy atom. The Morgan fingerprint density at radius 2 is 1.77 bits per heavy atom. The van der Waals surface area contributed by atoms with Crippen molar-refractivity contribution in [1.82, 2.24) is 24.5 Å². The van der Waals surface area contributed by atoms with Gasteiger partial charge >= 0.3 is 6.03 Å². The summed E-state index contributed by atoms with van der Waals surface area (Å²) in [7, 11) is 0. The van der Waals surface area contributed by atoms with E-state index in [2.05, 4.69) is 37.3 Å². The van der Waals surface area contributed by atoms with Crippen LogP contribution in [0.15, 0.2) is 67.0 Å². The molecule has 3 aromatic rings. The van der Waals surface area contributed by atoms with Gasteiger partial charge in [-0.05, 0) is 48.4 Å². The Labute approximate surface area is 257 Å². The van der Waals surface area contributed by atoms with Gasteiger partial charge in [0.2, 0.25) is 11.8 Å². The van der Waals surface area contributed by atoms with Gasteiger partial charge in [-0.2, -0.15) is 5.10 Å². The van der Waals surface area contributed by atoms with Crippen LogP contribution in [0.25, 0.3) is 5.69 Å². The summed E-state index contributed by atoms with van der Waals surface area (Å²) >= 11 is 1.58. The van der Waals surface area contributed by atoms with Gasteiger partial charge in [0.05, 0.1) is 10.9 Å². The minimum absolute atomic E-state index is 0.00882. The fourth-order valence-electron chi connectivity index (χ4n) is 6.20. The molecular weight excluding hydrogens is 560 g/mol. The lowest BCUT2D eigenvalue weighted by atomic mass is 9.92. The summed E-state index contributed by atoms with van der Waals surface area (Å²) in [4.78, 5) is 46.0. The average Bonchev–Trinajstić information content (AvgIpc) is 3.64. The number of piperidine rings is 1. The number of fused-ring (bicyclic) bond motifs is 1. The van der Waals surface area contributed by atoms with Crippen molar-refractivity contribution in [3.8, 4) is 5.69 Å². The maximum atomic E-state index is 13.9. The summed E-state index contributed by atoms with van der Waals surface area (Å²) in [6.45, 7) is 8.93. The molecule has 2 aromatic carbocycles. The number of carbonyl (C=O) groups is 3. The molecule has 2 unspecified atom stereocenters. The molecule has 0 spiro atoms. The molecule has 43 heavy (non-hydrogen) atoms. The maximum Gasteiger partial charge on any atom is 0.322 e. The van der Waals surface area contributed by atoms with E-state index in [1.807, 2.05) is 74.1 Å². The van der Waals surface area contributed by atoms with Crippen molar-refractivity contribution in [3.05, 3.63) is 78.1 Å². The van der Waals surface area contributed by atoms with Crippen LogP contribution in [0.2, 0.25) is 0 Å². The van der Waals surface area contributed by atoms with Crippen molar-refractivity contribution >= 4 is 35.3 Å². The van der Waals surface area contributed by atoms with Crippen LogP contribution in [0.1, 0.15) is 63.0 Å². The van der Waals surface area contributed by atoms with Gasteiger partial charge in [0.1, 0.15) is 5.37 Å². The van der Waals surface area contributed by atoms with Crippen LogP contribution in [0.5, 0.6) is 0 Å². The lowest BCUT2D eigenvalue weighted by molar-refractivity contribution is -0.137. The molecule has 4 amide bonds. The van der Waals surface area contributed by atoms with Gasteiger partial charge in [-0.25, -0.2) is 9.48 Å². The number of hydrogen-bond acceptors (Lipinski definition) is 5. The number of hydrogen-bond donors (Lipinski definition) is 1. The lowest BCUT2D eigenvalue weighted by Gasteiger charge is -2.40. The van der Waals surface area contributed by atoms with Crippen molar-refractivity contribution in [3.63, 3.8) is 0 Å². The number of carbonyl (C=O) groups excluding carboxylic acids is 3. The molecule has 1 N–H and O–H groups in total. The molecule has 6 rings (SSSR count). The first-order valence-corrected chi connectivity index (χ1v) is 16.1. The number of anilines is 1. The maximum absolute atomic E-state index is 13.9. The fraction of sp³-hybridized carbons (Fsp3) is 0.455. The third-order valence-corrected chi connectivity index (χ3v) is 10.1. The number of aromatic nitrogens is 2. The number of para-hydroxylation sites is 2. The third-order valence-electron chi connectivity index (χ3n) is 8.67. The van der Waals surface area contributed by atoms with Gasteiger partial charge in [0.25, 0.3) is 0 Å². The van der Waals surface area contributed by atoms with E-state index in [0.29, 0.717) is 26.2 Å². The summed E-state index contributed by atoms with van der Waals surface area (Å²) in [6.07, 6.45) is 6.16. The Morgan fingerprint density at radius 1 is 1.02 bits per heavy atom. The normalized spacial score (nSPS) is 21.2. The largest absolute Gasteiger partial charge is 0.342 e. The van der Waals surface area contributed by atoms with Gasteiger partial charge in [0, 0.05) is 62.3 Å². The second kappa shape index (κ2) is 12.1. The molecule has 2 atom stereocenters. The first-order chi connectivity index (χ1) is 20.7. The van der Waals surface area contributed by atoms with Crippen LogP contribution in [0.3, 0.4) is 0 Å². The minimum Gasteiger partial charge on any atom is -0.342 e. The molecule has 0 saturated carbocycles. The van der Waals surface area contributed by atoms with Crippen molar-refractivity contribution in [2.24, 2.45) is 5.41 Å². The Hall–Kier alpha value is -3.79. The van der Waals surface area contributed by atoms with Gasteiger partial charge in [-0.1, -0.05) is 57.2 Å². The molecule has 0 radical (unpaired) electrons. The van der Waals surface area contributed by atoms with Crippen LogP contribution >= 0.6 is 11.8 Å². The molecular formula is C33H40N6O3S. The first-order valence-electron chi connectivity index (χ1n) is 15.2. The summed E-state index contributed by atoms with van der Waals surface area (Å²) in [5, 5.41) is 6.82. The zero-order valence-corrected chi connectivity index (χ0v) is 25.9. The monoisotopic (exact) mass is 600 g/mol. The van der Waals surface area contributed by atoms with Crippen LogP contribution in [-0.2, 0) is 16.1 Å². The molecule has 3 aliphatic heterocycles. The highest BCUT2D eigenvalue weighted by molar-refractivity contribution is 8.01. The molecule has 0 aliphatic carbocycles. The number of urea groups is 1. The molecule has 10 heteroatoms. The number of rotatable bonds is 7. The van der Waals surface area contributed by atoms with Crippen molar-refractivity contribution in [2.45, 2.75) is 69.7 Å². The fourth-order valence-corrected chi connectivity index (χ4v) is 7.70. The standard InChI is InChI=1S/C33H40N6O3S/c1-33(2,3)15-20-37-30(41)28(43-31(37)25-10-5-7-12-27(25)39-17-8-16-34-39)21-29(40)36-18-13-24(14-19-36)38-22-23-9-4-6-11-26(23)35-32(38)42/h4-12,16-17,24,28,31H,13-15,18-22H2,1-3H3,(H,35,42). The number of nitrogens with zero attached hydrogens (tertiary/aromatic N) is 5. The molecule has 1 aromatic heterocycles.